The quantitative estimate of drug-likeness (QED) is 0.554. The third kappa shape index (κ3) is 4.50. The third-order valence-corrected chi connectivity index (χ3v) is 6.93. The van der Waals surface area contributed by atoms with Crippen molar-refractivity contribution in [3.05, 3.63) is 77.5 Å². The minimum atomic E-state index is -0.0284. The summed E-state index contributed by atoms with van der Waals surface area (Å²) in [5, 5.41) is 8.42. The largest absolute Gasteiger partial charge is 0.497 e. The van der Waals surface area contributed by atoms with E-state index in [0.717, 1.165) is 44.0 Å². The molecule has 33 heavy (non-hydrogen) atoms. The van der Waals surface area contributed by atoms with Crippen LogP contribution < -0.4 is 4.74 Å². The van der Waals surface area contributed by atoms with Crippen molar-refractivity contribution in [2.24, 2.45) is 5.41 Å². The highest BCUT2D eigenvalue weighted by molar-refractivity contribution is 5.77. The summed E-state index contributed by atoms with van der Waals surface area (Å²) in [7, 11) is 1.66. The standard InChI is InChI=1S/C26H30N4O3/c1-19-27-28-25(33-19)23-15-29(14-21-7-4-3-5-8-21)16-26(23)17-30(18-26)24(31)12-11-20-9-6-10-22(13-20)32-2/h3-10,13,23H,11-12,14-18H2,1-2H3. The minimum absolute atomic E-state index is 0.0284. The first-order valence-electron chi connectivity index (χ1n) is 11.5. The Morgan fingerprint density at radius 1 is 1.09 bits per heavy atom. The zero-order chi connectivity index (χ0) is 22.8. The van der Waals surface area contributed by atoms with Gasteiger partial charge in [0.05, 0.1) is 13.0 Å². The number of amides is 1. The van der Waals surface area contributed by atoms with Crippen LogP contribution in [0.25, 0.3) is 0 Å². The highest BCUT2D eigenvalue weighted by atomic mass is 16.5. The van der Waals surface area contributed by atoms with Crippen LogP contribution in [-0.2, 0) is 17.8 Å². The number of likely N-dealkylation sites (tertiary alicyclic amines) is 2. The number of methoxy groups -OCH3 is 1. The lowest BCUT2D eigenvalue weighted by atomic mass is 9.71. The van der Waals surface area contributed by atoms with E-state index >= 15 is 0 Å². The molecular weight excluding hydrogens is 416 g/mol. The number of carbonyl (C=O) groups excluding carboxylic acids is 1. The summed E-state index contributed by atoms with van der Waals surface area (Å²) in [4.78, 5) is 17.4. The number of nitrogens with zero attached hydrogens (tertiary/aromatic N) is 4. The predicted octanol–water partition coefficient (Wildman–Crippen LogP) is 3.45. The number of hydrogen-bond donors (Lipinski definition) is 0. The number of ether oxygens (including phenoxy) is 1. The summed E-state index contributed by atoms with van der Waals surface area (Å²) in [6.07, 6.45) is 1.22. The molecule has 172 valence electrons. The normalized spacial score (nSPS) is 19.6. The Balaban J connectivity index is 1.24. The van der Waals surface area contributed by atoms with E-state index in [1.807, 2.05) is 42.2 Å². The first-order chi connectivity index (χ1) is 16.0. The Morgan fingerprint density at radius 3 is 2.61 bits per heavy atom. The Hall–Kier alpha value is -3.19. The maximum absolute atomic E-state index is 12.9. The number of carbonyl (C=O) groups is 1. The summed E-state index contributed by atoms with van der Waals surface area (Å²) >= 11 is 0. The molecule has 0 aliphatic carbocycles. The van der Waals surface area contributed by atoms with Crippen molar-refractivity contribution >= 4 is 5.91 Å². The lowest BCUT2D eigenvalue weighted by Gasteiger charge is -2.50. The number of benzene rings is 2. The Bertz CT molecular complexity index is 1110. The molecule has 3 aromatic rings. The monoisotopic (exact) mass is 446 g/mol. The Morgan fingerprint density at radius 2 is 1.88 bits per heavy atom. The van der Waals surface area contributed by atoms with Crippen molar-refractivity contribution in [2.45, 2.75) is 32.2 Å². The van der Waals surface area contributed by atoms with Crippen molar-refractivity contribution in [1.29, 1.82) is 0 Å². The van der Waals surface area contributed by atoms with Gasteiger partial charge in [-0.05, 0) is 29.7 Å². The molecule has 5 rings (SSSR count). The summed E-state index contributed by atoms with van der Waals surface area (Å²) in [5.41, 5.74) is 2.38. The molecule has 1 amide bonds. The van der Waals surface area contributed by atoms with Crippen LogP contribution in [0.2, 0.25) is 0 Å². The van der Waals surface area contributed by atoms with Gasteiger partial charge in [0.1, 0.15) is 5.75 Å². The van der Waals surface area contributed by atoms with E-state index < -0.39 is 0 Å². The molecule has 3 heterocycles. The van der Waals surface area contributed by atoms with Gasteiger partial charge in [-0.2, -0.15) is 0 Å². The fraction of sp³-hybridized carbons (Fsp3) is 0.423. The van der Waals surface area contributed by atoms with Crippen molar-refractivity contribution in [3.8, 4) is 5.75 Å². The maximum atomic E-state index is 12.9. The van der Waals surface area contributed by atoms with Crippen LogP contribution in [0.5, 0.6) is 5.75 Å². The number of aromatic nitrogens is 2. The van der Waals surface area contributed by atoms with E-state index in [9.17, 15) is 4.79 Å². The van der Waals surface area contributed by atoms with E-state index in [1.165, 1.54) is 5.56 Å². The second-order valence-corrected chi connectivity index (χ2v) is 9.33. The van der Waals surface area contributed by atoms with Gasteiger partial charge < -0.3 is 14.1 Å². The first kappa shape index (κ1) is 21.6. The van der Waals surface area contributed by atoms with Gasteiger partial charge in [0.15, 0.2) is 0 Å². The lowest BCUT2D eigenvalue weighted by molar-refractivity contribution is -0.143. The van der Waals surface area contributed by atoms with Crippen LogP contribution in [0, 0.1) is 12.3 Å². The zero-order valence-corrected chi connectivity index (χ0v) is 19.2. The van der Waals surface area contributed by atoms with Crippen molar-refractivity contribution in [3.63, 3.8) is 0 Å². The topological polar surface area (TPSA) is 71.7 Å². The molecular formula is C26H30N4O3. The zero-order valence-electron chi connectivity index (χ0n) is 19.2. The van der Waals surface area contributed by atoms with E-state index in [1.54, 1.807) is 7.11 Å². The van der Waals surface area contributed by atoms with Crippen LogP contribution >= 0.6 is 0 Å². The van der Waals surface area contributed by atoms with Gasteiger partial charge in [-0.3, -0.25) is 9.69 Å². The highest BCUT2D eigenvalue weighted by Gasteiger charge is 2.57. The molecule has 0 bridgehead atoms. The average molecular weight is 447 g/mol. The SMILES string of the molecule is COc1cccc(CCC(=O)N2CC3(CN(Cc4ccccc4)CC3c3nnc(C)o3)C2)c1. The van der Waals surface area contributed by atoms with Gasteiger partial charge in [0, 0.05) is 51.5 Å². The van der Waals surface area contributed by atoms with E-state index in [2.05, 4.69) is 39.4 Å². The Labute approximate surface area is 194 Å². The second-order valence-electron chi connectivity index (χ2n) is 9.33. The molecule has 1 atom stereocenters. The predicted molar refractivity (Wildman–Crippen MR) is 124 cm³/mol. The van der Waals surface area contributed by atoms with Gasteiger partial charge in [0.25, 0.3) is 0 Å². The number of rotatable bonds is 7. The maximum Gasteiger partial charge on any atom is 0.222 e. The molecule has 7 nitrogen and oxygen atoms in total. The molecule has 0 saturated carbocycles. The van der Waals surface area contributed by atoms with Crippen molar-refractivity contribution in [1.82, 2.24) is 20.0 Å². The van der Waals surface area contributed by atoms with Gasteiger partial charge in [-0.15, -0.1) is 10.2 Å². The van der Waals surface area contributed by atoms with E-state index in [0.29, 0.717) is 24.6 Å². The third-order valence-electron chi connectivity index (χ3n) is 6.93. The Kier molecular flexibility index (Phi) is 5.89. The van der Waals surface area contributed by atoms with Crippen LogP contribution in [0.3, 0.4) is 0 Å². The average Bonchev–Trinajstić information content (AvgIpc) is 3.41. The van der Waals surface area contributed by atoms with Gasteiger partial charge in [0.2, 0.25) is 17.7 Å². The van der Waals surface area contributed by atoms with Crippen molar-refractivity contribution < 1.29 is 13.9 Å². The van der Waals surface area contributed by atoms with Crippen LogP contribution in [0.1, 0.15) is 35.2 Å². The summed E-state index contributed by atoms with van der Waals surface area (Å²) in [6.45, 7) is 5.98. The molecule has 2 aromatic carbocycles. The summed E-state index contributed by atoms with van der Waals surface area (Å²) in [6, 6.07) is 18.4. The molecule has 7 heteroatoms. The molecule has 2 fully saturated rings. The molecule has 2 aliphatic rings. The van der Waals surface area contributed by atoms with Gasteiger partial charge in [-0.25, -0.2) is 0 Å². The molecule has 1 spiro atoms. The van der Waals surface area contributed by atoms with Crippen LogP contribution in [0.4, 0.5) is 0 Å². The van der Waals surface area contributed by atoms with Crippen LogP contribution in [0.15, 0.2) is 59.0 Å². The number of aryl methyl sites for hydroxylation is 2. The molecule has 2 saturated heterocycles. The first-order valence-corrected chi connectivity index (χ1v) is 11.5. The van der Waals surface area contributed by atoms with Gasteiger partial charge >= 0.3 is 0 Å². The molecule has 2 aliphatic heterocycles. The second kappa shape index (κ2) is 8.98. The summed E-state index contributed by atoms with van der Waals surface area (Å²) < 4.78 is 11.1. The number of hydrogen-bond acceptors (Lipinski definition) is 6. The summed E-state index contributed by atoms with van der Waals surface area (Å²) in [5.74, 6) is 2.46. The minimum Gasteiger partial charge on any atom is -0.497 e. The van der Waals surface area contributed by atoms with E-state index in [-0.39, 0.29) is 17.2 Å². The van der Waals surface area contributed by atoms with Crippen LogP contribution in [-0.4, -0.2) is 59.2 Å². The smallest absolute Gasteiger partial charge is 0.222 e. The molecule has 0 radical (unpaired) electrons. The fourth-order valence-corrected chi connectivity index (χ4v) is 5.27. The highest BCUT2D eigenvalue weighted by Crippen LogP contribution is 2.49. The van der Waals surface area contributed by atoms with E-state index in [4.69, 9.17) is 9.15 Å². The van der Waals surface area contributed by atoms with Crippen molar-refractivity contribution in [2.75, 3.05) is 33.3 Å². The molecule has 0 N–H and O–H groups in total. The lowest BCUT2D eigenvalue weighted by Crippen LogP contribution is -2.61. The molecule has 1 unspecified atom stereocenters. The molecule has 1 aromatic heterocycles. The van der Waals surface area contributed by atoms with Gasteiger partial charge in [-0.1, -0.05) is 42.5 Å². The fourth-order valence-electron chi connectivity index (χ4n) is 5.27.